The maximum atomic E-state index is 13.6. The van der Waals surface area contributed by atoms with Gasteiger partial charge in [0.2, 0.25) is 0 Å². The highest BCUT2D eigenvalue weighted by atomic mass is 19.4. The fourth-order valence-corrected chi connectivity index (χ4v) is 2.99. The Bertz CT molecular complexity index is 857. The van der Waals surface area contributed by atoms with Gasteiger partial charge in [-0.15, -0.1) is 13.2 Å². The molecule has 1 N–H and O–H groups in total. The average Bonchev–Trinajstić information content (AvgIpc) is 3.08. The molecule has 1 aliphatic rings. The molecule has 0 radical (unpaired) electrons. The molecule has 10 heteroatoms. The molecule has 2 aromatic rings. The quantitative estimate of drug-likeness (QED) is 0.760. The number of aromatic nitrogens is 2. The number of allylic oxidation sites excluding steroid dienone is 1. The second-order valence-corrected chi connectivity index (χ2v) is 6.14. The summed E-state index contributed by atoms with van der Waals surface area (Å²) >= 11 is 0. The van der Waals surface area contributed by atoms with Gasteiger partial charge in [0.15, 0.2) is 6.17 Å². The number of aliphatic hydroxyl groups excluding tert-OH is 1. The number of rotatable bonds is 6. The molecule has 0 fully saturated rings. The van der Waals surface area contributed by atoms with Crippen molar-refractivity contribution in [2.75, 3.05) is 13.3 Å². The zero-order valence-corrected chi connectivity index (χ0v) is 14.8. The predicted octanol–water partition coefficient (Wildman–Crippen LogP) is 3.08. The van der Waals surface area contributed by atoms with Crippen LogP contribution in [0.15, 0.2) is 47.7 Å². The predicted molar refractivity (Wildman–Crippen MR) is 94.2 cm³/mol. The van der Waals surface area contributed by atoms with Crippen LogP contribution in [0.3, 0.4) is 0 Å². The minimum Gasteiger partial charge on any atom is -0.406 e. The van der Waals surface area contributed by atoms with Gasteiger partial charge in [0, 0.05) is 30.7 Å². The molecule has 2 atom stereocenters. The van der Waals surface area contributed by atoms with Crippen LogP contribution in [0, 0.1) is 0 Å². The molecule has 28 heavy (non-hydrogen) atoms. The summed E-state index contributed by atoms with van der Waals surface area (Å²) in [6.45, 7) is -1.30. The third kappa shape index (κ3) is 4.33. The number of benzene rings is 1. The summed E-state index contributed by atoms with van der Waals surface area (Å²) in [7, 11) is 1.73. The Kier molecular flexibility index (Phi) is 5.68. The normalized spacial score (nSPS) is 18.1. The molecule has 1 unspecified atom stereocenters. The van der Waals surface area contributed by atoms with Crippen molar-refractivity contribution >= 4 is 11.9 Å². The Hall–Kier alpha value is -2.88. The molecule has 6 nitrogen and oxygen atoms in total. The van der Waals surface area contributed by atoms with Crippen molar-refractivity contribution in [2.24, 2.45) is 12.0 Å². The summed E-state index contributed by atoms with van der Waals surface area (Å²) in [5.74, 6) is -0.360. The highest BCUT2D eigenvalue weighted by Crippen LogP contribution is 2.36. The summed E-state index contributed by atoms with van der Waals surface area (Å²) in [6.07, 6.45) is 1.05. The van der Waals surface area contributed by atoms with Gasteiger partial charge in [-0.25, -0.2) is 4.39 Å². The minimum atomic E-state index is -4.79. The van der Waals surface area contributed by atoms with Crippen molar-refractivity contribution in [3.63, 3.8) is 0 Å². The van der Waals surface area contributed by atoms with E-state index in [-0.39, 0.29) is 5.75 Å². The lowest BCUT2D eigenvalue weighted by Gasteiger charge is -2.39. The lowest BCUT2D eigenvalue weighted by Crippen LogP contribution is -2.41. The number of hydrogen-bond donors (Lipinski definition) is 1. The van der Waals surface area contributed by atoms with E-state index in [2.05, 4.69) is 14.8 Å². The van der Waals surface area contributed by atoms with E-state index in [0.717, 1.165) is 0 Å². The molecule has 0 saturated heterocycles. The molecule has 2 heterocycles. The Morgan fingerprint density at radius 3 is 2.50 bits per heavy atom. The zero-order valence-electron chi connectivity index (χ0n) is 14.8. The van der Waals surface area contributed by atoms with Gasteiger partial charge in [0.1, 0.15) is 12.4 Å². The van der Waals surface area contributed by atoms with Crippen molar-refractivity contribution in [3.05, 3.63) is 53.9 Å². The van der Waals surface area contributed by atoms with Crippen LogP contribution in [0.1, 0.15) is 17.3 Å². The van der Waals surface area contributed by atoms with Gasteiger partial charge in [0.05, 0.1) is 18.8 Å². The first-order valence-electron chi connectivity index (χ1n) is 8.35. The number of aryl methyl sites for hydroxylation is 1. The standard InChI is InChI=1S/C18H18F4N4O2/c1-25-10-13(9-24-25)17-23-7-6-16(26(17)14(8-19)11-27)12-2-4-15(5-3-12)28-18(20,21)22/h2-7,9-10,14,17,27H,8,11H2,1H3/t14-,17?/m0/s1. The van der Waals surface area contributed by atoms with Crippen LogP contribution in [0.5, 0.6) is 5.75 Å². The maximum Gasteiger partial charge on any atom is 0.573 e. The highest BCUT2D eigenvalue weighted by Gasteiger charge is 2.33. The molecule has 0 amide bonds. The summed E-state index contributed by atoms with van der Waals surface area (Å²) in [4.78, 5) is 5.97. The van der Waals surface area contributed by atoms with Crippen LogP contribution in [0.25, 0.3) is 5.70 Å². The van der Waals surface area contributed by atoms with Crippen molar-refractivity contribution in [1.29, 1.82) is 0 Å². The molecule has 0 spiro atoms. The third-order valence-corrected chi connectivity index (χ3v) is 4.19. The molecule has 150 valence electrons. The fraction of sp³-hybridized carbons (Fsp3) is 0.333. The molecule has 0 saturated carbocycles. The molecular formula is C18H18F4N4O2. The molecule has 0 bridgehead atoms. The summed E-state index contributed by atoms with van der Waals surface area (Å²) < 4.78 is 56.2. The molecule has 1 aromatic carbocycles. The number of aliphatic hydroxyl groups is 1. The van der Waals surface area contributed by atoms with Crippen molar-refractivity contribution in [1.82, 2.24) is 14.7 Å². The van der Waals surface area contributed by atoms with Crippen LogP contribution < -0.4 is 4.74 Å². The number of hydrogen-bond acceptors (Lipinski definition) is 5. The number of nitrogens with zero attached hydrogens (tertiary/aromatic N) is 4. The molecule has 1 aliphatic heterocycles. The van der Waals surface area contributed by atoms with E-state index in [9.17, 15) is 22.7 Å². The van der Waals surface area contributed by atoms with Crippen LogP contribution in [0.4, 0.5) is 17.6 Å². The lowest BCUT2D eigenvalue weighted by molar-refractivity contribution is -0.274. The van der Waals surface area contributed by atoms with Crippen LogP contribution in [-0.2, 0) is 7.05 Å². The van der Waals surface area contributed by atoms with Crippen molar-refractivity contribution < 1.29 is 27.4 Å². The van der Waals surface area contributed by atoms with Crippen LogP contribution in [-0.4, -0.2) is 51.7 Å². The van der Waals surface area contributed by atoms with E-state index in [1.165, 1.54) is 30.5 Å². The Morgan fingerprint density at radius 1 is 1.25 bits per heavy atom. The van der Waals surface area contributed by atoms with Crippen molar-refractivity contribution in [2.45, 2.75) is 18.6 Å². The SMILES string of the molecule is Cn1cc(C2N=CC=C(c3ccc(OC(F)(F)F)cc3)N2[C@H](CO)CF)cn1. The van der Waals surface area contributed by atoms with Crippen molar-refractivity contribution in [3.8, 4) is 5.75 Å². The Balaban J connectivity index is 1.95. The first-order chi connectivity index (χ1) is 13.3. The third-order valence-electron chi connectivity index (χ3n) is 4.19. The van der Waals surface area contributed by atoms with E-state index < -0.39 is 31.9 Å². The van der Waals surface area contributed by atoms with E-state index >= 15 is 0 Å². The van der Waals surface area contributed by atoms with Gasteiger partial charge in [-0.2, -0.15) is 5.10 Å². The summed E-state index contributed by atoms with van der Waals surface area (Å²) in [5, 5.41) is 13.8. The topological polar surface area (TPSA) is 62.9 Å². The van der Waals surface area contributed by atoms with Gasteiger partial charge < -0.3 is 14.7 Å². The maximum absolute atomic E-state index is 13.6. The number of halogens is 4. The highest BCUT2D eigenvalue weighted by molar-refractivity contribution is 5.86. The van der Waals surface area contributed by atoms with E-state index in [1.807, 2.05) is 0 Å². The first kappa shape index (κ1) is 19.9. The molecule has 3 rings (SSSR count). The van der Waals surface area contributed by atoms with E-state index in [1.54, 1.807) is 35.1 Å². The lowest BCUT2D eigenvalue weighted by atomic mass is 10.0. The van der Waals surface area contributed by atoms with E-state index in [0.29, 0.717) is 16.8 Å². The fourth-order valence-electron chi connectivity index (χ4n) is 2.99. The minimum absolute atomic E-state index is 0.360. The van der Waals surface area contributed by atoms with Crippen LogP contribution in [0.2, 0.25) is 0 Å². The number of ether oxygens (including phenoxy) is 1. The number of aliphatic imine (C=N–C) groups is 1. The Morgan fingerprint density at radius 2 is 1.96 bits per heavy atom. The summed E-state index contributed by atoms with van der Waals surface area (Å²) in [5.41, 5.74) is 1.73. The largest absolute Gasteiger partial charge is 0.573 e. The second kappa shape index (κ2) is 8.01. The first-order valence-corrected chi connectivity index (χ1v) is 8.35. The van der Waals surface area contributed by atoms with Gasteiger partial charge in [-0.1, -0.05) is 0 Å². The smallest absolute Gasteiger partial charge is 0.406 e. The molecular weight excluding hydrogens is 380 g/mol. The number of alkyl halides is 4. The average molecular weight is 398 g/mol. The molecule has 0 aliphatic carbocycles. The summed E-state index contributed by atoms with van der Waals surface area (Å²) in [6, 6.07) is 4.34. The van der Waals surface area contributed by atoms with Gasteiger partial charge in [-0.05, 0) is 35.9 Å². The van der Waals surface area contributed by atoms with Gasteiger partial charge in [0.25, 0.3) is 0 Å². The molecule has 1 aromatic heterocycles. The van der Waals surface area contributed by atoms with E-state index in [4.69, 9.17) is 0 Å². The van der Waals surface area contributed by atoms with Gasteiger partial charge in [-0.3, -0.25) is 9.67 Å². The van der Waals surface area contributed by atoms with Crippen LogP contribution >= 0.6 is 0 Å². The zero-order chi connectivity index (χ0) is 20.3. The Labute approximate surface area is 158 Å². The monoisotopic (exact) mass is 398 g/mol. The van der Waals surface area contributed by atoms with Gasteiger partial charge >= 0.3 is 6.36 Å². The second-order valence-electron chi connectivity index (χ2n) is 6.14.